The second-order valence-electron chi connectivity index (χ2n) is 6.05. The molecular weight excluding hydrogens is 288 g/mol. The zero-order valence-electron chi connectivity index (χ0n) is 13.2. The van der Waals surface area contributed by atoms with Gasteiger partial charge in [0.25, 0.3) is 5.91 Å². The summed E-state index contributed by atoms with van der Waals surface area (Å²) in [5.74, 6) is 1.59. The smallest absolute Gasteiger partial charge is 0.255 e. The van der Waals surface area contributed by atoms with E-state index in [-0.39, 0.29) is 5.91 Å². The highest BCUT2D eigenvalue weighted by Crippen LogP contribution is 2.36. The summed E-state index contributed by atoms with van der Waals surface area (Å²) in [6, 6.07) is 16.5. The van der Waals surface area contributed by atoms with Gasteiger partial charge in [0, 0.05) is 17.7 Å². The van der Waals surface area contributed by atoms with Crippen LogP contribution in [-0.4, -0.2) is 17.4 Å². The maximum Gasteiger partial charge on any atom is 0.255 e. The molecule has 0 aliphatic carbocycles. The number of carbonyl (C=O) groups is 1. The minimum absolute atomic E-state index is 0.0773. The summed E-state index contributed by atoms with van der Waals surface area (Å²) in [6.07, 6.45) is 0. The van der Waals surface area contributed by atoms with E-state index in [4.69, 9.17) is 4.74 Å². The molecule has 0 aromatic heterocycles. The topological polar surface area (TPSA) is 53.3 Å². The van der Waals surface area contributed by atoms with Gasteiger partial charge in [-0.15, -0.1) is 0 Å². The van der Waals surface area contributed by atoms with E-state index in [1.807, 2.05) is 44.2 Å². The van der Waals surface area contributed by atoms with Gasteiger partial charge in [0.1, 0.15) is 17.5 Å². The molecule has 2 aromatic carbocycles. The van der Waals surface area contributed by atoms with Crippen molar-refractivity contribution in [2.24, 2.45) is 5.92 Å². The van der Waals surface area contributed by atoms with Gasteiger partial charge in [0.15, 0.2) is 0 Å². The summed E-state index contributed by atoms with van der Waals surface area (Å²) >= 11 is 0. The largest absolute Gasteiger partial charge is 0.457 e. The Morgan fingerprint density at radius 2 is 1.91 bits per heavy atom. The molecule has 1 heterocycles. The minimum Gasteiger partial charge on any atom is -0.457 e. The molecule has 1 aliphatic rings. The molecule has 116 valence electrons. The molecule has 4 nitrogen and oxygen atoms in total. The number of nitriles is 1. The number of carbonyl (C=O) groups excluding carboxylic acids is 1. The normalized spacial score (nSPS) is 16.3. The van der Waals surface area contributed by atoms with Crippen LogP contribution in [0, 0.1) is 17.2 Å². The van der Waals surface area contributed by atoms with Crippen molar-refractivity contribution in [1.29, 1.82) is 5.26 Å². The van der Waals surface area contributed by atoms with Gasteiger partial charge in [-0.1, -0.05) is 32.0 Å². The fraction of sp³-hybridized carbons (Fsp3) is 0.263. The number of ether oxygens (including phenoxy) is 1. The molecule has 0 fully saturated rings. The number of hydrogen-bond donors (Lipinski definition) is 0. The van der Waals surface area contributed by atoms with E-state index < -0.39 is 6.04 Å². The Labute approximate surface area is 135 Å². The van der Waals surface area contributed by atoms with Crippen LogP contribution in [0.15, 0.2) is 48.5 Å². The molecule has 0 bridgehead atoms. The van der Waals surface area contributed by atoms with Crippen LogP contribution in [-0.2, 0) is 0 Å². The molecule has 3 rings (SSSR count). The fourth-order valence-corrected chi connectivity index (χ4v) is 2.81. The molecule has 0 saturated heterocycles. The van der Waals surface area contributed by atoms with Crippen molar-refractivity contribution in [3.63, 3.8) is 0 Å². The number of hydrogen-bond acceptors (Lipinski definition) is 3. The Balaban J connectivity index is 1.92. The maximum absolute atomic E-state index is 12.5. The quantitative estimate of drug-likeness (QED) is 0.852. The average molecular weight is 306 g/mol. The zero-order chi connectivity index (χ0) is 16.4. The predicted molar refractivity (Wildman–Crippen MR) is 87.2 cm³/mol. The van der Waals surface area contributed by atoms with E-state index in [0.717, 1.165) is 11.3 Å². The van der Waals surface area contributed by atoms with Crippen molar-refractivity contribution in [2.75, 3.05) is 6.54 Å². The average Bonchev–Trinajstić information content (AvgIpc) is 2.79. The summed E-state index contributed by atoms with van der Waals surface area (Å²) in [5, 5.41) is 9.51. The SMILES string of the molecule is CC(C)CN1C(=O)c2ccc(Oc3ccccc3)cc2C1C#N. The Morgan fingerprint density at radius 3 is 2.57 bits per heavy atom. The second kappa shape index (κ2) is 6.13. The first-order valence-corrected chi connectivity index (χ1v) is 7.67. The van der Waals surface area contributed by atoms with Crippen molar-refractivity contribution in [3.8, 4) is 17.6 Å². The lowest BCUT2D eigenvalue weighted by atomic mass is 10.0. The Morgan fingerprint density at radius 1 is 1.17 bits per heavy atom. The van der Waals surface area contributed by atoms with Crippen molar-refractivity contribution in [2.45, 2.75) is 19.9 Å². The molecule has 1 aliphatic heterocycles. The van der Waals surface area contributed by atoms with Crippen molar-refractivity contribution in [3.05, 3.63) is 59.7 Å². The minimum atomic E-state index is -0.542. The molecule has 4 heteroatoms. The standard InChI is InChI=1S/C19H18N2O2/c1-13(2)12-21-18(11-20)17-10-15(8-9-16(17)19(21)22)23-14-6-4-3-5-7-14/h3-10,13,18H,12H2,1-2H3. The number of rotatable bonds is 4. The van der Waals surface area contributed by atoms with Gasteiger partial charge in [0.05, 0.1) is 6.07 Å². The number of amides is 1. The van der Waals surface area contributed by atoms with Gasteiger partial charge in [-0.2, -0.15) is 5.26 Å². The molecule has 0 radical (unpaired) electrons. The third-order valence-corrected chi connectivity index (χ3v) is 3.78. The van der Waals surface area contributed by atoms with Crippen LogP contribution < -0.4 is 4.74 Å². The third kappa shape index (κ3) is 2.91. The van der Waals surface area contributed by atoms with Gasteiger partial charge >= 0.3 is 0 Å². The van der Waals surface area contributed by atoms with Crippen LogP contribution in [0.1, 0.15) is 35.8 Å². The molecule has 1 amide bonds. The van der Waals surface area contributed by atoms with Crippen molar-refractivity contribution >= 4 is 5.91 Å². The van der Waals surface area contributed by atoms with E-state index in [1.165, 1.54) is 0 Å². The first kappa shape index (κ1) is 15.1. The molecule has 1 atom stereocenters. The van der Waals surface area contributed by atoms with E-state index >= 15 is 0 Å². The highest BCUT2D eigenvalue weighted by molar-refractivity contribution is 5.99. The Kier molecular flexibility index (Phi) is 4.03. The van der Waals surface area contributed by atoms with E-state index in [1.54, 1.807) is 23.1 Å². The van der Waals surface area contributed by atoms with Crippen LogP contribution in [0.3, 0.4) is 0 Å². The van der Waals surface area contributed by atoms with Crippen molar-refractivity contribution in [1.82, 2.24) is 4.90 Å². The molecule has 0 spiro atoms. The lowest BCUT2D eigenvalue weighted by Gasteiger charge is -2.22. The number of fused-ring (bicyclic) bond motifs is 1. The van der Waals surface area contributed by atoms with Crippen LogP contribution in [0.4, 0.5) is 0 Å². The summed E-state index contributed by atoms with van der Waals surface area (Å²) in [7, 11) is 0. The van der Waals surface area contributed by atoms with Crippen molar-refractivity contribution < 1.29 is 9.53 Å². The van der Waals surface area contributed by atoms with Crippen LogP contribution >= 0.6 is 0 Å². The number of benzene rings is 2. The Bertz CT molecular complexity index is 763. The van der Waals surface area contributed by atoms with Crippen LogP contribution in [0.2, 0.25) is 0 Å². The van der Waals surface area contributed by atoms with Crippen LogP contribution in [0.25, 0.3) is 0 Å². The third-order valence-electron chi connectivity index (χ3n) is 3.78. The van der Waals surface area contributed by atoms with Crippen LogP contribution in [0.5, 0.6) is 11.5 Å². The highest BCUT2D eigenvalue weighted by Gasteiger charge is 2.37. The fourth-order valence-electron chi connectivity index (χ4n) is 2.81. The summed E-state index contributed by atoms with van der Waals surface area (Å²) < 4.78 is 5.81. The molecule has 2 aromatic rings. The number of para-hydroxylation sites is 1. The van der Waals surface area contributed by atoms with Gasteiger partial charge in [0.2, 0.25) is 0 Å². The zero-order valence-corrected chi connectivity index (χ0v) is 13.2. The van der Waals surface area contributed by atoms with E-state index in [9.17, 15) is 10.1 Å². The Hall–Kier alpha value is -2.80. The van der Waals surface area contributed by atoms with Gasteiger partial charge < -0.3 is 9.64 Å². The second-order valence-corrected chi connectivity index (χ2v) is 6.05. The van der Waals surface area contributed by atoms with Gasteiger partial charge in [-0.25, -0.2) is 0 Å². The monoisotopic (exact) mass is 306 g/mol. The van der Waals surface area contributed by atoms with E-state index in [0.29, 0.717) is 23.8 Å². The first-order valence-electron chi connectivity index (χ1n) is 7.67. The van der Waals surface area contributed by atoms with Gasteiger partial charge in [-0.05, 0) is 36.2 Å². The summed E-state index contributed by atoms with van der Waals surface area (Å²) in [6.45, 7) is 4.64. The number of nitrogens with zero attached hydrogens (tertiary/aromatic N) is 2. The molecule has 1 unspecified atom stereocenters. The maximum atomic E-state index is 12.5. The molecule has 23 heavy (non-hydrogen) atoms. The molecular formula is C19H18N2O2. The predicted octanol–water partition coefficient (Wildman–Crippen LogP) is 4.16. The van der Waals surface area contributed by atoms with E-state index in [2.05, 4.69) is 6.07 Å². The molecule has 0 N–H and O–H groups in total. The highest BCUT2D eigenvalue weighted by atomic mass is 16.5. The lowest BCUT2D eigenvalue weighted by molar-refractivity contribution is 0.0737. The summed E-state index contributed by atoms with van der Waals surface area (Å²) in [4.78, 5) is 14.1. The lowest BCUT2D eigenvalue weighted by Crippen LogP contribution is -2.31. The first-order chi connectivity index (χ1) is 11.1. The van der Waals surface area contributed by atoms with Gasteiger partial charge in [-0.3, -0.25) is 4.79 Å². The molecule has 0 saturated carbocycles. The summed E-state index contributed by atoms with van der Waals surface area (Å²) in [5.41, 5.74) is 1.32.